The zero-order valence-electron chi connectivity index (χ0n) is 20.7. The maximum absolute atomic E-state index is 12.4. The van der Waals surface area contributed by atoms with E-state index in [0.717, 1.165) is 52.7 Å². The Bertz CT molecular complexity index is 998. The predicted octanol–water partition coefficient (Wildman–Crippen LogP) is 4.36. The number of aliphatic carboxylic acids is 1. The van der Waals surface area contributed by atoms with Gasteiger partial charge in [-0.25, -0.2) is 0 Å². The van der Waals surface area contributed by atoms with Crippen LogP contribution in [0.15, 0.2) is 24.4 Å². The van der Waals surface area contributed by atoms with Gasteiger partial charge >= 0.3 is 5.97 Å². The van der Waals surface area contributed by atoms with Crippen LogP contribution in [0.3, 0.4) is 0 Å². The fourth-order valence-electron chi connectivity index (χ4n) is 5.65. The molecule has 2 heterocycles. The molecule has 0 radical (unpaired) electrons. The fourth-order valence-corrected chi connectivity index (χ4v) is 7.02. The van der Waals surface area contributed by atoms with Crippen LogP contribution in [0.4, 0.5) is 0 Å². The number of carbonyl (C=O) groups is 1. The number of likely N-dealkylation sites (tertiary alicyclic amines) is 1. The Labute approximate surface area is 212 Å². The summed E-state index contributed by atoms with van der Waals surface area (Å²) in [6.45, 7) is 2.89. The Morgan fingerprint density at radius 2 is 2.06 bits per heavy atom. The summed E-state index contributed by atoms with van der Waals surface area (Å²) in [5, 5.41) is 23.1. The molecule has 4 rings (SSSR count). The van der Waals surface area contributed by atoms with E-state index in [1.165, 1.54) is 25.7 Å². The summed E-state index contributed by atoms with van der Waals surface area (Å²) < 4.78 is 5.38. The number of methoxy groups -OCH3 is 1. The number of benzene rings is 1. The summed E-state index contributed by atoms with van der Waals surface area (Å²) in [5.41, 5.74) is 7.45. The van der Waals surface area contributed by atoms with Gasteiger partial charge < -0.3 is 25.6 Å². The lowest BCUT2D eigenvalue weighted by Gasteiger charge is -2.39. The standard InChI is InChI=1S/C27H39N3O4S/c1-34-20-6-7-23-22(16-20)25(19(17-28)18-29-23)24(31)8-9-27(26(32)33)10-12-30(13-11-27)14-15-35-21-4-2-3-5-21/h6-7,16,18,21,24,31H,2-5,8-15,17,28H2,1H3,(H,32,33)/t24-/m0/s1. The molecule has 1 atom stereocenters. The van der Waals surface area contributed by atoms with Crippen molar-refractivity contribution in [1.82, 2.24) is 9.88 Å². The SMILES string of the molecule is COc1ccc2ncc(CN)c([C@@H](O)CCC3(C(=O)O)CCN(CCSC4CCCC4)CC3)c2c1. The second-order valence-electron chi connectivity index (χ2n) is 10.0. The van der Waals surface area contributed by atoms with Gasteiger partial charge in [0, 0.05) is 35.7 Å². The number of hydrogen-bond acceptors (Lipinski definition) is 7. The molecule has 1 aliphatic heterocycles. The Hall–Kier alpha value is -1.87. The van der Waals surface area contributed by atoms with Crippen LogP contribution in [0.5, 0.6) is 5.75 Å². The summed E-state index contributed by atoms with van der Waals surface area (Å²) in [4.78, 5) is 19.3. The lowest BCUT2D eigenvalue weighted by atomic mass is 9.74. The second kappa shape index (κ2) is 11.9. The highest BCUT2D eigenvalue weighted by Gasteiger charge is 2.41. The number of aliphatic hydroxyl groups excluding tert-OH is 1. The average Bonchev–Trinajstić information content (AvgIpc) is 3.40. The second-order valence-corrected chi connectivity index (χ2v) is 11.5. The molecule has 1 saturated heterocycles. The molecule has 1 aliphatic carbocycles. The summed E-state index contributed by atoms with van der Waals surface area (Å²) in [6.07, 6.45) is 8.37. The molecule has 0 bridgehead atoms. The van der Waals surface area contributed by atoms with Gasteiger partial charge in [-0.1, -0.05) is 12.8 Å². The maximum Gasteiger partial charge on any atom is 0.309 e. The number of nitrogens with zero attached hydrogens (tertiary/aromatic N) is 2. The van der Waals surface area contributed by atoms with Crippen LogP contribution in [-0.2, 0) is 11.3 Å². The first-order valence-corrected chi connectivity index (χ1v) is 13.9. The number of aromatic nitrogens is 1. The highest BCUT2D eigenvalue weighted by Crippen LogP contribution is 2.40. The van der Waals surface area contributed by atoms with Crippen LogP contribution in [-0.4, -0.2) is 63.8 Å². The van der Waals surface area contributed by atoms with E-state index in [2.05, 4.69) is 21.6 Å². The molecule has 1 aromatic carbocycles. The first-order chi connectivity index (χ1) is 17.0. The first kappa shape index (κ1) is 26.2. The number of carboxylic acids is 1. The van der Waals surface area contributed by atoms with Gasteiger partial charge in [-0.3, -0.25) is 9.78 Å². The van der Waals surface area contributed by atoms with Crippen LogP contribution in [0, 0.1) is 5.41 Å². The number of fused-ring (bicyclic) bond motifs is 1. The lowest BCUT2D eigenvalue weighted by molar-refractivity contribution is -0.153. The number of aliphatic hydroxyl groups is 1. The normalized spacial score (nSPS) is 19.7. The Balaban J connectivity index is 1.40. The zero-order chi connectivity index (χ0) is 24.8. The van der Waals surface area contributed by atoms with Crippen molar-refractivity contribution in [3.8, 4) is 5.75 Å². The molecular weight excluding hydrogens is 462 g/mol. The van der Waals surface area contributed by atoms with Gasteiger partial charge in [-0.05, 0) is 80.9 Å². The van der Waals surface area contributed by atoms with E-state index in [0.29, 0.717) is 31.4 Å². The Kier molecular flexibility index (Phi) is 8.92. The molecule has 0 amide bonds. The summed E-state index contributed by atoms with van der Waals surface area (Å²) >= 11 is 2.09. The molecule has 0 unspecified atom stereocenters. The fraction of sp³-hybridized carbons (Fsp3) is 0.630. The van der Waals surface area contributed by atoms with E-state index in [1.807, 2.05) is 18.2 Å². The van der Waals surface area contributed by atoms with Crippen molar-refractivity contribution in [2.24, 2.45) is 11.1 Å². The minimum atomic E-state index is -0.816. The molecule has 0 spiro atoms. The lowest BCUT2D eigenvalue weighted by Crippen LogP contribution is -2.45. The number of rotatable bonds is 11. The maximum atomic E-state index is 12.4. The zero-order valence-corrected chi connectivity index (χ0v) is 21.6. The van der Waals surface area contributed by atoms with Crippen LogP contribution >= 0.6 is 11.8 Å². The first-order valence-electron chi connectivity index (χ1n) is 12.9. The van der Waals surface area contributed by atoms with Gasteiger partial charge in [0.25, 0.3) is 0 Å². The molecule has 35 heavy (non-hydrogen) atoms. The largest absolute Gasteiger partial charge is 0.497 e. The number of nitrogens with two attached hydrogens (primary N) is 1. The van der Waals surface area contributed by atoms with E-state index in [4.69, 9.17) is 10.5 Å². The molecular formula is C27H39N3O4S. The van der Waals surface area contributed by atoms with E-state index in [-0.39, 0.29) is 6.54 Å². The molecule has 7 nitrogen and oxygen atoms in total. The highest BCUT2D eigenvalue weighted by atomic mass is 32.2. The van der Waals surface area contributed by atoms with Gasteiger partial charge in [0.15, 0.2) is 0 Å². The molecule has 1 saturated carbocycles. The Morgan fingerprint density at radius 3 is 2.71 bits per heavy atom. The topological polar surface area (TPSA) is 109 Å². The molecule has 192 valence electrons. The smallest absolute Gasteiger partial charge is 0.309 e. The number of carboxylic acid groups (broad SMARTS) is 1. The van der Waals surface area contributed by atoms with E-state index in [9.17, 15) is 15.0 Å². The minimum Gasteiger partial charge on any atom is -0.497 e. The number of thioether (sulfide) groups is 1. The van der Waals surface area contributed by atoms with Crippen molar-refractivity contribution in [2.45, 2.75) is 69.3 Å². The average molecular weight is 502 g/mol. The van der Waals surface area contributed by atoms with Crippen molar-refractivity contribution in [2.75, 3.05) is 32.5 Å². The highest BCUT2D eigenvalue weighted by molar-refractivity contribution is 7.99. The third-order valence-corrected chi connectivity index (χ3v) is 9.34. The van der Waals surface area contributed by atoms with Crippen LogP contribution in [0.25, 0.3) is 10.9 Å². The van der Waals surface area contributed by atoms with Crippen LogP contribution in [0.1, 0.15) is 68.6 Å². The van der Waals surface area contributed by atoms with Gasteiger partial charge in [0.1, 0.15) is 5.75 Å². The number of ether oxygens (including phenoxy) is 1. The molecule has 2 aromatic rings. The molecule has 2 aliphatic rings. The quantitative estimate of drug-likeness (QED) is 0.417. The van der Waals surface area contributed by atoms with Crippen LogP contribution < -0.4 is 10.5 Å². The third kappa shape index (κ3) is 6.10. The molecule has 4 N–H and O–H groups in total. The Morgan fingerprint density at radius 1 is 1.31 bits per heavy atom. The molecule has 1 aromatic heterocycles. The minimum absolute atomic E-state index is 0.254. The van der Waals surface area contributed by atoms with Gasteiger partial charge in [0.2, 0.25) is 0 Å². The van der Waals surface area contributed by atoms with Crippen molar-refractivity contribution in [1.29, 1.82) is 0 Å². The summed E-state index contributed by atoms with van der Waals surface area (Å²) in [6, 6.07) is 5.58. The number of pyridine rings is 1. The summed E-state index contributed by atoms with van der Waals surface area (Å²) in [7, 11) is 1.61. The van der Waals surface area contributed by atoms with Crippen molar-refractivity contribution >= 4 is 28.6 Å². The number of hydrogen-bond donors (Lipinski definition) is 3. The summed E-state index contributed by atoms with van der Waals surface area (Å²) in [5.74, 6) is 1.07. The monoisotopic (exact) mass is 501 g/mol. The number of piperidine rings is 1. The van der Waals surface area contributed by atoms with Gasteiger partial charge in [-0.2, -0.15) is 11.8 Å². The molecule has 2 fully saturated rings. The van der Waals surface area contributed by atoms with Gasteiger partial charge in [0.05, 0.1) is 24.1 Å². The third-order valence-electron chi connectivity index (χ3n) is 7.98. The van der Waals surface area contributed by atoms with Crippen molar-refractivity contribution < 1.29 is 19.7 Å². The van der Waals surface area contributed by atoms with Gasteiger partial charge in [-0.15, -0.1) is 0 Å². The van der Waals surface area contributed by atoms with E-state index < -0.39 is 17.5 Å². The van der Waals surface area contributed by atoms with Crippen LogP contribution in [0.2, 0.25) is 0 Å². The molecule has 8 heteroatoms. The van der Waals surface area contributed by atoms with Crippen molar-refractivity contribution in [3.63, 3.8) is 0 Å². The predicted molar refractivity (Wildman–Crippen MR) is 141 cm³/mol. The van der Waals surface area contributed by atoms with E-state index >= 15 is 0 Å². The van der Waals surface area contributed by atoms with E-state index in [1.54, 1.807) is 13.3 Å². The van der Waals surface area contributed by atoms with Crippen molar-refractivity contribution in [3.05, 3.63) is 35.5 Å².